The first kappa shape index (κ1) is 22.9. The Hall–Kier alpha value is -3.32. The molecule has 4 rings (SSSR count). The molecule has 1 aliphatic rings. The summed E-state index contributed by atoms with van der Waals surface area (Å²) in [5.74, 6) is 0.155. The summed E-state index contributed by atoms with van der Waals surface area (Å²) in [4.78, 5) is 15.4. The van der Waals surface area contributed by atoms with E-state index in [2.05, 4.69) is 15.0 Å². The lowest BCUT2D eigenvalue weighted by molar-refractivity contribution is 0.204. The Bertz CT molecular complexity index is 1240. The molecule has 0 saturated heterocycles. The van der Waals surface area contributed by atoms with Gasteiger partial charge in [0.2, 0.25) is 0 Å². The van der Waals surface area contributed by atoms with Crippen molar-refractivity contribution >= 4 is 17.3 Å². The van der Waals surface area contributed by atoms with E-state index in [9.17, 15) is 8.78 Å². The molecule has 0 radical (unpaired) electrons. The van der Waals surface area contributed by atoms with Gasteiger partial charge in [-0.15, -0.1) is 0 Å². The van der Waals surface area contributed by atoms with Crippen molar-refractivity contribution in [2.24, 2.45) is 0 Å². The molecule has 0 amide bonds. The Morgan fingerprint density at radius 3 is 2.61 bits per heavy atom. The predicted octanol–water partition coefficient (Wildman–Crippen LogP) is 6.33. The molecule has 0 saturated carbocycles. The highest BCUT2D eigenvalue weighted by molar-refractivity contribution is 6.30. The van der Waals surface area contributed by atoms with Crippen LogP contribution in [0, 0.1) is 11.6 Å². The van der Waals surface area contributed by atoms with Crippen molar-refractivity contribution in [3.63, 3.8) is 0 Å². The number of hydrogen-bond donors (Lipinski definition) is 0. The van der Waals surface area contributed by atoms with Crippen molar-refractivity contribution in [3.8, 4) is 11.4 Å². The smallest absolute Gasteiger partial charge is 0.137 e. The van der Waals surface area contributed by atoms with E-state index in [0.29, 0.717) is 17.3 Å². The first-order valence-corrected chi connectivity index (χ1v) is 10.9. The van der Waals surface area contributed by atoms with Crippen LogP contribution in [0.2, 0.25) is 0 Å². The number of nitrogens with zero attached hydrogens (tertiary/aromatic N) is 4. The van der Waals surface area contributed by atoms with Crippen LogP contribution in [-0.2, 0) is 11.3 Å². The largest absolute Gasteiger partial charge is 0.487 e. The van der Waals surface area contributed by atoms with E-state index in [4.69, 9.17) is 16.3 Å². The van der Waals surface area contributed by atoms with Crippen LogP contribution in [0.4, 0.5) is 14.5 Å². The number of hydrogen-bond acceptors (Lipinski definition) is 5. The first-order valence-electron chi connectivity index (χ1n) is 10.5. The molecule has 0 fully saturated rings. The highest BCUT2D eigenvalue weighted by atomic mass is 35.5. The zero-order chi connectivity index (χ0) is 23.5. The van der Waals surface area contributed by atoms with Crippen LogP contribution in [0.25, 0.3) is 11.4 Å². The van der Waals surface area contributed by atoms with Gasteiger partial charge in [0.05, 0.1) is 23.0 Å². The molecule has 3 heterocycles. The van der Waals surface area contributed by atoms with Crippen LogP contribution in [0.5, 0.6) is 0 Å². The summed E-state index contributed by atoms with van der Waals surface area (Å²) in [5.41, 5.74) is 3.54. The van der Waals surface area contributed by atoms with Crippen molar-refractivity contribution in [2.45, 2.75) is 33.3 Å². The second-order valence-electron chi connectivity index (χ2n) is 8.02. The number of halogens is 3. The third-order valence-corrected chi connectivity index (χ3v) is 5.54. The van der Waals surface area contributed by atoms with Gasteiger partial charge in [-0.05, 0) is 37.3 Å². The summed E-state index contributed by atoms with van der Waals surface area (Å²) >= 11 is 6.51. The Balaban J connectivity index is 1.52. The quantitative estimate of drug-likeness (QED) is 0.423. The summed E-state index contributed by atoms with van der Waals surface area (Å²) < 4.78 is 32.8. The average Bonchev–Trinajstić information content (AvgIpc) is 2.80. The molecule has 0 N–H and O–H groups in total. The van der Waals surface area contributed by atoms with Crippen molar-refractivity contribution in [1.82, 2.24) is 15.0 Å². The Labute approximate surface area is 196 Å². The van der Waals surface area contributed by atoms with Gasteiger partial charge in [-0.3, -0.25) is 4.98 Å². The van der Waals surface area contributed by atoms with Gasteiger partial charge in [-0.2, -0.15) is 0 Å². The number of anilines is 1. The molecule has 0 atom stereocenters. The molecule has 1 aromatic carbocycles. The summed E-state index contributed by atoms with van der Waals surface area (Å²) in [6, 6.07) is 9.08. The van der Waals surface area contributed by atoms with Crippen molar-refractivity contribution < 1.29 is 13.5 Å². The lowest BCUT2D eigenvalue weighted by Gasteiger charge is -2.30. The van der Waals surface area contributed by atoms with Gasteiger partial charge in [0.1, 0.15) is 29.8 Å². The van der Waals surface area contributed by atoms with E-state index in [1.54, 1.807) is 18.5 Å². The fourth-order valence-corrected chi connectivity index (χ4v) is 3.65. The summed E-state index contributed by atoms with van der Waals surface area (Å²) in [6.45, 7) is 6.36. The fourth-order valence-electron chi connectivity index (χ4n) is 3.42. The highest BCUT2D eigenvalue weighted by Crippen LogP contribution is 2.31. The topological polar surface area (TPSA) is 51.1 Å². The molecule has 0 spiro atoms. The molecule has 170 valence electrons. The number of benzene rings is 1. The molecule has 0 unspecified atom stereocenters. The maximum atomic E-state index is 13.9. The van der Waals surface area contributed by atoms with E-state index in [1.807, 2.05) is 43.9 Å². The highest BCUT2D eigenvalue weighted by Gasteiger charge is 2.20. The number of rotatable bonds is 6. The molecule has 3 aromatic rings. The van der Waals surface area contributed by atoms with E-state index in [-0.39, 0.29) is 18.1 Å². The Morgan fingerprint density at radius 2 is 1.85 bits per heavy atom. The molecular weight excluding hydrogens is 446 g/mol. The number of aromatic nitrogens is 3. The minimum atomic E-state index is -0.653. The fraction of sp³-hybridized carbons (Fsp3) is 0.240. The molecule has 5 nitrogen and oxygen atoms in total. The van der Waals surface area contributed by atoms with Gasteiger partial charge in [0.25, 0.3) is 0 Å². The van der Waals surface area contributed by atoms with E-state index in [0.717, 1.165) is 34.7 Å². The van der Waals surface area contributed by atoms with Crippen LogP contribution >= 0.6 is 11.6 Å². The van der Waals surface area contributed by atoms with Crippen molar-refractivity contribution in [1.29, 1.82) is 0 Å². The van der Waals surface area contributed by atoms with Gasteiger partial charge >= 0.3 is 0 Å². The minimum Gasteiger partial charge on any atom is -0.487 e. The van der Waals surface area contributed by atoms with Crippen LogP contribution in [-0.4, -0.2) is 21.5 Å². The monoisotopic (exact) mass is 468 g/mol. The summed E-state index contributed by atoms with van der Waals surface area (Å²) in [7, 11) is 0. The standard InChI is InChI=1S/C25H23ClF2N4O/c1-15(2)25-30-9-7-22(31-25)23-12-19(6-8-29-23)32-13-20(26)24(10-16(32)3)33-14-17-4-5-18(27)11-21(17)28/h4-12,15H,13-14H2,1-3H3. The Kier molecular flexibility index (Phi) is 6.70. The predicted molar refractivity (Wildman–Crippen MR) is 124 cm³/mol. The normalized spacial score (nSPS) is 14.0. The second kappa shape index (κ2) is 9.67. The zero-order valence-corrected chi connectivity index (χ0v) is 19.3. The molecule has 8 heteroatoms. The Morgan fingerprint density at radius 1 is 1.06 bits per heavy atom. The second-order valence-corrected chi connectivity index (χ2v) is 8.48. The summed E-state index contributed by atoms with van der Waals surface area (Å²) in [6.07, 6.45) is 5.27. The van der Waals surface area contributed by atoms with Crippen LogP contribution in [0.15, 0.2) is 71.4 Å². The average molecular weight is 469 g/mol. The SMILES string of the molecule is CC1=CC(OCc2ccc(F)cc2F)=C(Cl)CN1c1ccnc(-c2ccnc(C(C)C)n2)c1. The first-order chi connectivity index (χ1) is 15.8. The summed E-state index contributed by atoms with van der Waals surface area (Å²) in [5, 5.41) is 0.477. The van der Waals surface area contributed by atoms with E-state index >= 15 is 0 Å². The maximum absolute atomic E-state index is 13.9. The molecule has 0 bridgehead atoms. The van der Waals surface area contributed by atoms with Crippen molar-refractivity contribution in [3.05, 3.63) is 94.4 Å². The van der Waals surface area contributed by atoms with E-state index < -0.39 is 11.6 Å². The number of allylic oxidation sites excluding steroid dienone is 2. The lowest BCUT2D eigenvalue weighted by Crippen LogP contribution is -2.26. The molecule has 2 aromatic heterocycles. The van der Waals surface area contributed by atoms with E-state index in [1.165, 1.54) is 12.1 Å². The third-order valence-electron chi connectivity index (χ3n) is 5.24. The van der Waals surface area contributed by atoms with Gasteiger partial charge in [0.15, 0.2) is 0 Å². The van der Waals surface area contributed by atoms with Crippen LogP contribution in [0.3, 0.4) is 0 Å². The zero-order valence-electron chi connectivity index (χ0n) is 18.5. The number of pyridine rings is 1. The van der Waals surface area contributed by atoms with Crippen LogP contribution in [0.1, 0.15) is 38.1 Å². The number of ether oxygens (including phenoxy) is 1. The molecular formula is C25H23ClF2N4O. The minimum absolute atomic E-state index is 0.0489. The van der Waals surface area contributed by atoms with Gasteiger partial charge in [-0.1, -0.05) is 25.4 Å². The molecule has 1 aliphatic heterocycles. The van der Waals surface area contributed by atoms with Crippen LogP contribution < -0.4 is 4.90 Å². The van der Waals surface area contributed by atoms with Gasteiger partial charge in [-0.25, -0.2) is 18.7 Å². The van der Waals surface area contributed by atoms with Gasteiger partial charge < -0.3 is 9.64 Å². The molecule has 33 heavy (non-hydrogen) atoms. The maximum Gasteiger partial charge on any atom is 0.137 e. The van der Waals surface area contributed by atoms with Crippen molar-refractivity contribution in [2.75, 3.05) is 11.4 Å². The third kappa shape index (κ3) is 5.20. The lowest BCUT2D eigenvalue weighted by atomic mass is 10.1. The van der Waals surface area contributed by atoms with Gasteiger partial charge in [0, 0.05) is 47.4 Å². The molecule has 0 aliphatic carbocycles.